The Labute approximate surface area is 143 Å². The van der Waals surface area contributed by atoms with Crippen molar-refractivity contribution in [3.63, 3.8) is 0 Å². The van der Waals surface area contributed by atoms with E-state index in [0.29, 0.717) is 6.42 Å². The number of hydrogen-bond acceptors (Lipinski definition) is 5. The van der Waals surface area contributed by atoms with Crippen molar-refractivity contribution < 1.29 is 23.8 Å². The van der Waals surface area contributed by atoms with E-state index in [1.807, 2.05) is 0 Å². The van der Waals surface area contributed by atoms with Crippen LogP contribution in [0.15, 0.2) is 0 Å². The largest absolute Gasteiger partial charge is 0.468 e. The highest BCUT2D eigenvalue weighted by atomic mass is 16.8. The number of fused-ring (bicyclic) bond motifs is 2. The summed E-state index contributed by atoms with van der Waals surface area (Å²) in [5, 5.41) is 0. The molecule has 0 bridgehead atoms. The molecule has 134 valence electrons. The molecule has 1 heterocycles. The van der Waals surface area contributed by atoms with Crippen LogP contribution in [0, 0.1) is 11.3 Å². The molecular weight excluding hydrogens is 308 g/mol. The second-order valence-electron chi connectivity index (χ2n) is 7.97. The highest BCUT2D eigenvalue weighted by Gasteiger charge is 2.68. The van der Waals surface area contributed by atoms with E-state index < -0.39 is 23.1 Å². The average Bonchev–Trinajstić information content (AvgIpc) is 3.03. The van der Waals surface area contributed by atoms with E-state index in [1.54, 1.807) is 0 Å². The second-order valence-corrected chi connectivity index (χ2v) is 7.97. The minimum atomic E-state index is -0.788. The lowest BCUT2D eigenvalue weighted by Gasteiger charge is -2.45. The van der Waals surface area contributed by atoms with Crippen molar-refractivity contribution in [2.45, 2.75) is 88.6 Å². The molecule has 4 fully saturated rings. The monoisotopic (exact) mass is 336 g/mol. The Morgan fingerprint density at radius 2 is 1.62 bits per heavy atom. The first-order valence-corrected chi connectivity index (χ1v) is 9.60. The number of ether oxygens (including phenoxy) is 3. The van der Waals surface area contributed by atoms with Gasteiger partial charge in [0.2, 0.25) is 0 Å². The van der Waals surface area contributed by atoms with Gasteiger partial charge in [-0.3, -0.25) is 9.59 Å². The maximum Gasteiger partial charge on any atom is 0.316 e. The number of ketones is 1. The van der Waals surface area contributed by atoms with E-state index in [4.69, 9.17) is 14.2 Å². The van der Waals surface area contributed by atoms with Gasteiger partial charge in [0.1, 0.15) is 5.92 Å². The second kappa shape index (κ2) is 6.10. The Hall–Kier alpha value is -0.940. The Kier molecular flexibility index (Phi) is 4.20. The van der Waals surface area contributed by atoms with Gasteiger partial charge in [0.25, 0.3) is 0 Å². The summed E-state index contributed by atoms with van der Waals surface area (Å²) in [6.07, 6.45) is 10.6. The van der Waals surface area contributed by atoms with Crippen molar-refractivity contribution in [3.05, 3.63) is 0 Å². The Morgan fingerprint density at radius 3 is 2.29 bits per heavy atom. The maximum absolute atomic E-state index is 13.3. The molecule has 24 heavy (non-hydrogen) atoms. The number of methoxy groups -OCH3 is 1. The van der Waals surface area contributed by atoms with Crippen molar-refractivity contribution in [1.82, 2.24) is 0 Å². The van der Waals surface area contributed by atoms with Crippen LogP contribution < -0.4 is 0 Å². The minimum Gasteiger partial charge on any atom is -0.468 e. The zero-order valence-corrected chi connectivity index (χ0v) is 14.6. The number of Topliss-reactive ketones (excluding diaryl/α,β-unsaturated/α-hetero) is 1. The summed E-state index contributed by atoms with van der Waals surface area (Å²) >= 11 is 0. The van der Waals surface area contributed by atoms with E-state index >= 15 is 0 Å². The van der Waals surface area contributed by atoms with Crippen LogP contribution in [0.5, 0.6) is 0 Å². The van der Waals surface area contributed by atoms with Crippen LogP contribution in [-0.2, 0) is 23.8 Å². The van der Waals surface area contributed by atoms with Crippen molar-refractivity contribution >= 4 is 11.8 Å². The predicted molar refractivity (Wildman–Crippen MR) is 86.2 cm³/mol. The number of rotatable bonds is 1. The molecule has 0 N–H and O–H groups in total. The minimum absolute atomic E-state index is 0.00885. The van der Waals surface area contributed by atoms with Crippen LogP contribution in [0.3, 0.4) is 0 Å². The van der Waals surface area contributed by atoms with Crippen LogP contribution in [0.25, 0.3) is 0 Å². The van der Waals surface area contributed by atoms with Gasteiger partial charge in [0, 0.05) is 6.42 Å². The van der Waals surface area contributed by atoms with Gasteiger partial charge < -0.3 is 14.2 Å². The van der Waals surface area contributed by atoms with E-state index in [-0.39, 0.29) is 18.0 Å². The van der Waals surface area contributed by atoms with Gasteiger partial charge in [-0.05, 0) is 38.5 Å². The molecule has 2 spiro atoms. The maximum atomic E-state index is 13.3. The van der Waals surface area contributed by atoms with E-state index in [1.165, 1.54) is 26.4 Å². The van der Waals surface area contributed by atoms with Gasteiger partial charge in [0.05, 0.1) is 24.7 Å². The molecule has 5 heteroatoms. The van der Waals surface area contributed by atoms with Crippen LogP contribution in [0.4, 0.5) is 0 Å². The summed E-state index contributed by atoms with van der Waals surface area (Å²) < 4.78 is 17.9. The fraction of sp³-hybridized carbons (Fsp3) is 0.895. The van der Waals surface area contributed by atoms with Crippen LogP contribution in [0.1, 0.15) is 70.6 Å². The molecule has 4 aliphatic rings. The third-order valence-electron chi connectivity index (χ3n) is 6.78. The van der Waals surface area contributed by atoms with Crippen LogP contribution in [-0.4, -0.2) is 36.9 Å². The van der Waals surface area contributed by atoms with E-state index in [0.717, 1.165) is 44.9 Å². The molecule has 1 unspecified atom stereocenters. The van der Waals surface area contributed by atoms with Crippen molar-refractivity contribution in [2.24, 2.45) is 11.3 Å². The molecule has 4 rings (SSSR count). The molecule has 1 aliphatic heterocycles. The molecule has 0 aromatic heterocycles. The number of esters is 1. The molecular formula is C19H28O5. The Balaban J connectivity index is 1.64. The van der Waals surface area contributed by atoms with Gasteiger partial charge in [-0.2, -0.15) is 0 Å². The molecule has 1 saturated heterocycles. The molecule has 5 nitrogen and oxygen atoms in total. The van der Waals surface area contributed by atoms with Crippen molar-refractivity contribution in [2.75, 3.05) is 7.11 Å². The fourth-order valence-electron chi connectivity index (χ4n) is 5.61. The molecule has 4 atom stereocenters. The molecule has 3 aliphatic carbocycles. The number of hydrogen-bond donors (Lipinski definition) is 0. The van der Waals surface area contributed by atoms with Crippen LogP contribution >= 0.6 is 0 Å². The molecule has 3 saturated carbocycles. The summed E-state index contributed by atoms with van der Waals surface area (Å²) in [6.45, 7) is 0. The summed E-state index contributed by atoms with van der Waals surface area (Å²) in [5.74, 6) is -1.82. The van der Waals surface area contributed by atoms with Crippen molar-refractivity contribution in [1.29, 1.82) is 0 Å². The fourth-order valence-corrected chi connectivity index (χ4v) is 5.61. The van der Waals surface area contributed by atoms with Gasteiger partial charge in [-0.1, -0.05) is 25.7 Å². The first kappa shape index (κ1) is 16.5. The van der Waals surface area contributed by atoms with Gasteiger partial charge in [0.15, 0.2) is 11.6 Å². The lowest BCUT2D eigenvalue weighted by atomic mass is 9.64. The van der Waals surface area contributed by atoms with Crippen molar-refractivity contribution in [3.8, 4) is 0 Å². The summed E-state index contributed by atoms with van der Waals surface area (Å²) in [7, 11) is 1.36. The van der Waals surface area contributed by atoms with Gasteiger partial charge in [-0.25, -0.2) is 0 Å². The zero-order valence-electron chi connectivity index (χ0n) is 14.6. The number of carbonyl (C=O) groups excluding carboxylic acids is 2. The SMILES string of the molecule is COC(=O)C1CCC[C@@]2(CCCC23O[C@@H]2CCCCC[C@H]2O3)C1=O. The van der Waals surface area contributed by atoms with Gasteiger partial charge in [-0.15, -0.1) is 0 Å². The first-order valence-electron chi connectivity index (χ1n) is 9.60. The Morgan fingerprint density at radius 1 is 0.958 bits per heavy atom. The highest BCUT2D eigenvalue weighted by molar-refractivity contribution is 6.03. The first-order chi connectivity index (χ1) is 11.6. The summed E-state index contributed by atoms with van der Waals surface area (Å²) in [5.41, 5.74) is -0.643. The molecule has 0 amide bonds. The molecule has 0 radical (unpaired) electrons. The lowest BCUT2D eigenvalue weighted by molar-refractivity contribution is -0.239. The van der Waals surface area contributed by atoms with Crippen LogP contribution in [0.2, 0.25) is 0 Å². The average molecular weight is 336 g/mol. The lowest BCUT2D eigenvalue weighted by Crippen LogP contribution is -2.55. The predicted octanol–water partition coefficient (Wildman–Crippen LogP) is 3.14. The third-order valence-corrected chi connectivity index (χ3v) is 6.78. The van der Waals surface area contributed by atoms with E-state index in [2.05, 4.69) is 0 Å². The quantitative estimate of drug-likeness (QED) is 0.544. The van der Waals surface area contributed by atoms with Gasteiger partial charge >= 0.3 is 5.97 Å². The molecule has 0 aromatic carbocycles. The summed E-state index contributed by atoms with van der Waals surface area (Å²) in [6, 6.07) is 0. The van der Waals surface area contributed by atoms with E-state index in [9.17, 15) is 9.59 Å². The number of carbonyl (C=O) groups is 2. The summed E-state index contributed by atoms with van der Waals surface area (Å²) in [4.78, 5) is 25.4. The Bertz CT molecular complexity index is 516. The standard InChI is InChI=1S/C19H28O5/c1-22-17(21)13-7-5-10-18(16(13)20)11-6-12-19(18)23-14-8-3-2-4-9-15(14)24-19/h13-15H,2-12H2,1H3/t13?,14-,15-,18-/m1/s1. The highest BCUT2D eigenvalue weighted by Crippen LogP contribution is 2.60. The molecule has 0 aromatic rings. The zero-order chi connectivity index (χ0) is 16.8. The normalized spacial score (nSPS) is 41.4. The smallest absolute Gasteiger partial charge is 0.316 e. The topological polar surface area (TPSA) is 61.8 Å². The third kappa shape index (κ3) is 2.27.